The van der Waals surface area contributed by atoms with Gasteiger partial charge in [-0.2, -0.15) is 0 Å². The summed E-state index contributed by atoms with van der Waals surface area (Å²) in [6, 6.07) is 12.7. The molecule has 2 aromatic carbocycles. The molecule has 0 fully saturated rings. The molecule has 0 heterocycles. The van der Waals surface area contributed by atoms with E-state index in [1.165, 1.54) is 0 Å². The van der Waals surface area contributed by atoms with Crippen LogP contribution in [0.25, 0.3) is 0 Å². The molecule has 17 heavy (non-hydrogen) atoms. The Bertz CT molecular complexity index is 531. The maximum Gasteiger partial charge on any atom is 0.119 e. The van der Waals surface area contributed by atoms with Gasteiger partial charge < -0.3 is 10.8 Å². The first-order valence-electron chi connectivity index (χ1n) is 5.11. The summed E-state index contributed by atoms with van der Waals surface area (Å²) in [4.78, 5) is 1.07. The van der Waals surface area contributed by atoms with E-state index < -0.39 is 0 Å². The highest BCUT2D eigenvalue weighted by Gasteiger charge is 2.03. The van der Waals surface area contributed by atoms with Crippen molar-refractivity contribution in [3.63, 3.8) is 0 Å². The standard InChI is InChI=1S/C13H12ClNOS/c14-10-2-1-3-12(7-10)17-8-9-6-11(15)4-5-13(9)16/h1-7,16H,8,15H2. The summed E-state index contributed by atoms with van der Waals surface area (Å²) in [5.74, 6) is 0.936. The molecule has 0 bridgehead atoms. The average Bonchev–Trinajstić information content (AvgIpc) is 2.30. The van der Waals surface area contributed by atoms with E-state index in [1.807, 2.05) is 24.3 Å². The Morgan fingerprint density at radius 2 is 2.00 bits per heavy atom. The van der Waals surface area contributed by atoms with E-state index >= 15 is 0 Å². The van der Waals surface area contributed by atoms with Crippen LogP contribution in [0.1, 0.15) is 5.56 Å². The molecule has 0 amide bonds. The molecule has 88 valence electrons. The van der Waals surface area contributed by atoms with Gasteiger partial charge in [0.2, 0.25) is 0 Å². The first-order valence-corrected chi connectivity index (χ1v) is 6.47. The van der Waals surface area contributed by atoms with Gasteiger partial charge in [-0.15, -0.1) is 11.8 Å². The molecule has 4 heteroatoms. The number of thioether (sulfide) groups is 1. The topological polar surface area (TPSA) is 46.2 Å². The third-order valence-electron chi connectivity index (χ3n) is 2.29. The fraction of sp³-hybridized carbons (Fsp3) is 0.0769. The predicted molar refractivity (Wildman–Crippen MR) is 73.5 cm³/mol. The van der Waals surface area contributed by atoms with Crippen LogP contribution in [0.4, 0.5) is 5.69 Å². The van der Waals surface area contributed by atoms with Gasteiger partial charge in [-0.05, 0) is 36.4 Å². The van der Waals surface area contributed by atoms with Gasteiger partial charge in [-0.1, -0.05) is 17.7 Å². The number of hydrogen-bond donors (Lipinski definition) is 2. The predicted octanol–water partition coefficient (Wildman–Crippen LogP) is 3.92. The number of hydrogen-bond acceptors (Lipinski definition) is 3. The maximum atomic E-state index is 9.67. The summed E-state index contributed by atoms with van der Waals surface area (Å²) in [6.45, 7) is 0. The summed E-state index contributed by atoms with van der Waals surface area (Å²) in [5, 5.41) is 10.4. The number of nitrogen functional groups attached to an aromatic ring is 1. The van der Waals surface area contributed by atoms with E-state index in [1.54, 1.807) is 30.0 Å². The van der Waals surface area contributed by atoms with Crippen LogP contribution in [0.15, 0.2) is 47.4 Å². The molecule has 2 aromatic rings. The third-order valence-corrected chi connectivity index (χ3v) is 3.57. The molecular formula is C13H12ClNOS. The Morgan fingerprint density at radius 3 is 2.76 bits per heavy atom. The summed E-state index contributed by atoms with van der Waals surface area (Å²) < 4.78 is 0. The zero-order valence-corrected chi connectivity index (χ0v) is 10.6. The number of benzene rings is 2. The number of rotatable bonds is 3. The van der Waals surface area contributed by atoms with Gasteiger partial charge in [0.25, 0.3) is 0 Å². The van der Waals surface area contributed by atoms with Crippen molar-refractivity contribution in [1.29, 1.82) is 0 Å². The monoisotopic (exact) mass is 265 g/mol. The summed E-state index contributed by atoms with van der Waals surface area (Å²) in [5.41, 5.74) is 7.16. The fourth-order valence-corrected chi connectivity index (χ4v) is 2.63. The van der Waals surface area contributed by atoms with Crippen LogP contribution in [0, 0.1) is 0 Å². The molecule has 0 unspecified atom stereocenters. The second kappa shape index (κ2) is 5.34. The molecule has 2 nitrogen and oxygen atoms in total. The minimum absolute atomic E-state index is 0.272. The van der Waals surface area contributed by atoms with Crippen LogP contribution in [0.5, 0.6) is 5.75 Å². The molecule has 0 atom stereocenters. The lowest BCUT2D eigenvalue weighted by Gasteiger charge is -2.06. The molecule has 2 rings (SSSR count). The van der Waals surface area contributed by atoms with Crippen molar-refractivity contribution in [1.82, 2.24) is 0 Å². The lowest BCUT2D eigenvalue weighted by atomic mass is 10.2. The quantitative estimate of drug-likeness (QED) is 0.502. The molecule has 0 radical (unpaired) electrons. The molecule has 0 saturated carbocycles. The van der Waals surface area contributed by atoms with E-state index in [2.05, 4.69) is 0 Å². The summed E-state index contributed by atoms with van der Waals surface area (Å²) in [6.07, 6.45) is 0. The van der Waals surface area contributed by atoms with Gasteiger partial charge in [-0.3, -0.25) is 0 Å². The van der Waals surface area contributed by atoms with Gasteiger partial charge in [-0.25, -0.2) is 0 Å². The molecule has 0 aliphatic rings. The highest BCUT2D eigenvalue weighted by atomic mass is 35.5. The maximum absolute atomic E-state index is 9.67. The fourth-order valence-electron chi connectivity index (χ4n) is 1.44. The smallest absolute Gasteiger partial charge is 0.119 e. The Morgan fingerprint density at radius 1 is 1.18 bits per heavy atom. The first kappa shape index (κ1) is 12.1. The normalized spacial score (nSPS) is 10.4. The third kappa shape index (κ3) is 3.32. The van der Waals surface area contributed by atoms with Crippen LogP contribution in [0.3, 0.4) is 0 Å². The van der Waals surface area contributed by atoms with Crippen molar-refractivity contribution in [3.05, 3.63) is 53.1 Å². The second-order valence-corrected chi connectivity index (χ2v) is 5.12. The lowest BCUT2D eigenvalue weighted by Crippen LogP contribution is -1.88. The Kier molecular flexibility index (Phi) is 3.82. The van der Waals surface area contributed by atoms with Crippen LogP contribution in [-0.4, -0.2) is 5.11 Å². The van der Waals surface area contributed by atoms with Crippen molar-refractivity contribution in [2.45, 2.75) is 10.6 Å². The van der Waals surface area contributed by atoms with E-state index in [9.17, 15) is 5.11 Å². The zero-order valence-electron chi connectivity index (χ0n) is 9.06. The van der Waals surface area contributed by atoms with Gasteiger partial charge >= 0.3 is 0 Å². The van der Waals surface area contributed by atoms with Crippen molar-refractivity contribution in [3.8, 4) is 5.75 Å². The molecule has 0 aliphatic heterocycles. The largest absolute Gasteiger partial charge is 0.508 e. The van der Waals surface area contributed by atoms with E-state index in [0.717, 1.165) is 10.5 Å². The van der Waals surface area contributed by atoms with Crippen molar-refractivity contribution in [2.24, 2.45) is 0 Å². The minimum Gasteiger partial charge on any atom is -0.508 e. The number of nitrogens with two attached hydrogens (primary N) is 1. The van der Waals surface area contributed by atoms with E-state index in [0.29, 0.717) is 16.5 Å². The molecule has 0 spiro atoms. The summed E-state index contributed by atoms with van der Waals surface area (Å²) >= 11 is 7.51. The summed E-state index contributed by atoms with van der Waals surface area (Å²) in [7, 11) is 0. The Balaban J connectivity index is 2.09. The van der Waals surface area contributed by atoms with Crippen LogP contribution in [-0.2, 0) is 5.75 Å². The van der Waals surface area contributed by atoms with Gasteiger partial charge in [0.05, 0.1) is 0 Å². The van der Waals surface area contributed by atoms with E-state index in [4.69, 9.17) is 17.3 Å². The number of phenols is 1. The van der Waals surface area contributed by atoms with Gasteiger partial charge in [0.1, 0.15) is 5.75 Å². The highest BCUT2D eigenvalue weighted by Crippen LogP contribution is 2.29. The van der Waals surface area contributed by atoms with Crippen molar-refractivity contribution < 1.29 is 5.11 Å². The number of halogens is 1. The SMILES string of the molecule is Nc1ccc(O)c(CSc2cccc(Cl)c2)c1. The molecule has 0 aromatic heterocycles. The number of aromatic hydroxyl groups is 1. The lowest BCUT2D eigenvalue weighted by molar-refractivity contribution is 0.471. The van der Waals surface area contributed by atoms with Crippen molar-refractivity contribution >= 4 is 29.1 Å². The molecule has 0 saturated heterocycles. The van der Waals surface area contributed by atoms with Crippen molar-refractivity contribution in [2.75, 3.05) is 5.73 Å². The van der Waals surface area contributed by atoms with Crippen LogP contribution in [0.2, 0.25) is 5.02 Å². The molecular weight excluding hydrogens is 254 g/mol. The van der Waals surface area contributed by atoms with Crippen LogP contribution < -0.4 is 5.73 Å². The second-order valence-electron chi connectivity index (χ2n) is 3.63. The average molecular weight is 266 g/mol. The number of anilines is 1. The van der Waals surface area contributed by atoms with E-state index in [-0.39, 0.29) is 5.75 Å². The minimum atomic E-state index is 0.272. The highest BCUT2D eigenvalue weighted by molar-refractivity contribution is 7.98. The van der Waals surface area contributed by atoms with Gasteiger partial charge in [0, 0.05) is 26.9 Å². The van der Waals surface area contributed by atoms with Crippen LogP contribution >= 0.6 is 23.4 Å². The Labute approximate surface area is 109 Å². The Hall–Kier alpha value is -1.32. The molecule has 0 aliphatic carbocycles. The zero-order chi connectivity index (χ0) is 12.3. The molecule has 3 N–H and O–H groups in total. The number of phenolic OH excluding ortho intramolecular Hbond substituents is 1. The van der Waals surface area contributed by atoms with Gasteiger partial charge in [0.15, 0.2) is 0 Å². The first-order chi connectivity index (χ1) is 8.15.